The highest BCUT2D eigenvalue weighted by atomic mass is 16.3. The van der Waals surface area contributed by atoms with E-state index in [2.05, 4.69) is 0 Å². The minimum Gasteiger partial charge on any atom is -0.508 e. The Morgan fingerprint density at radius 3 is 1.58 bits per heavy atom. The Morgan fingerprint density at radius 1 is 0.692 bits per heavy atom. The van der Waals surface area contributed by atoms with Crippen molar-refractivity contribution in [1.29, 1.82) is 0 Å². The highest BCUT2D eigenvalue weighted by Gasteiger charge is 2.26. The standard InChI is InChI=1S/C22H30O4/c1-15(23)3-8-19(13-17-4-9-20(25)10-5-17)22(16(2)24)14-18-6-11-21(26)12-7-18/h4-7,9-12,15-16,19,22-26H,3,8,13-14H2,1-2H3/t15-,16-,19-,22+/m1/s1. The van der Waals surface area contributed by atoms with Crippen LogP contribution >= 0.6 is 0 Å². The van der Waals surface area contributed by atoms with Gasteiger partial charge in [-0.3, -0.25) is 0 Å². The molecule has 2 aromatic carbocycles. The van der Waals surface area contributed by atoms with Gasteiger partial charge in [-0.2, -0.15) is 0 Å². The number of phenols is 2. The molecule has 0 unspecified atom stereocenters. The summed E-state index contributed by atoms with van der Waals surface area (Å²) in [5.41, 5.74) is 2.18. The highest BCUT2D eigenvalue weighted by molar-refractivity contribution is 5.27. The molecule has 0 saturated carbocycles. The summed E-state index contributed by atoms with van der Waals surface area (Å²) in [7, 11) is 0. The van der Waals surface area contributed by atoms with E-state index in [9.17, 15) is 20.4 Å². The van der Waals surface area contributed by atoms with Gasteiger partial charge in [-0.1, -0.05) is 24.3 Å². The Morgan fingerprint density at radius 2 is 1.15 bits per heavy atom. The number of aromatic hydroxyl groups is 2. The summed E-state index contributed by atoms with van der Waals surface area (Å²) >= 11 is 0. The average molecular weight is 358 g/mol. The molecule has 26 heavy (non-hydrogen) atoms. The quantitative estimate of drug-likeness (QED) is 0.551. The zero-order chi connectivity index (χ0) is 19.1. The van der Waals surface area contributed by atoms with Crippen molar-refractivity contribution in [1.82, 2.24) is 0 Å². The van der Waals surface area contributed by atoms with Crippen LogP contribution in [-0.4, -0.2) is 32.6 Å². The van der Waals surface area contributed by atoms with E-state index in [1.165, 1.54) is 0 Å². The van der Waals surface area contributed by atoms with E-state index in [4.69, 9.17) is 0 Å². The summed E-state index contributed by atoms with van der Waals surface area (Å²) in [4.78, 5) is 0. The predicted molar refractivity (Wildman–Crippen MR) is 103 cm³/mol. The van der Waals surface area contributed by atoms with Gasteiger partial charge in [0.15, 0.2) is 0 Å². The smallest absolute Gasteiger partial charge is 0.115 e. The molecule has 0 amide bonds. The van der Waals surface area contributed by atoms with E-state index in [0.29, 0.717) is 12.8 Å². The van der Waals surface area contributed by atoms with Crippen LogP contribution in [0.1, 0.15) is 37.8 Å². The molecule has 4 nitrogen and oxygen atoms in total. The molecule has 142 valence electrons. The summed E-state index contributed by atoms with van der Waals surface area (Å²) in [6.07, 6.45) is 2.12. The van der Waals surface area contributed by atoms with Crippen LogP contribution < -0.4 is 0 Å². The van der Waals surface area contributed by atoms with E-state index in [0.717, 1.165) is 24.0 Å². The molecule has 0 aliphatic heterocycles. The Kier molecular flexibility index (Phi) is 7.49. The van der Waals surface area contributed by atoms with Crippen LogP contribution in [0.15, 0.2) is 48.5 Å². The molecule has 2 aromatic rings. The molecule has 0 aliphatic rings. The zero-order valence-electron chi connectivity index (χ0n) is 15.5. The lowest BCUT2D eigenvalue weighted by atomic mass is 9.77. The lowest BCUT2D eigenvalue weighted by molar-refractivity contribution is 0.0752. The van der Waals surface area contributed by atoms with Crippen LogP contribution in [0.2, 0.25) is 0 Å². The van der Waals surface area contributed by atoms with Gasteiger partial charge in [0.2, 0.25) is 0 Å². The molecule has 0 heterocycles. The van der Waals surface area contributed by atoms with Gasteiger partial charge in [-0.15, -0.1) is 0 Å². The summed E-state index contributed by atoms with van der Waals surface area (Å²) in [6.45, 7) is 3.60. The van der Waals surface area contributed by atoms with E-state index in [1.807, 2.05) is 31.2 Å². The first-order valence-electron chi connectivity index (χ1n) is 9.27. The molecule has 0 saturated heterocycles. The molecule has 0 aliphatic carbocycles. The molecule has 0 aromatic heterocycles. The molecular formula is C22H30O4. The Hall–Kier alpha value is -2.04. The number of hydrogen-bond acceptors (Lipinski definition) is 4. The number of aliphatic hydroxyl groups is 2. The van der Waals surface area contributed by atoms with Crippen molar-refractivity contribution in [3.8, 4) is 11.5 Å². The fourth-order valence-electron chi connectivity index (χ4n) is 3.49. The first kappa shape index (κ1) is 20.3. The van der Waals surface area contributed by atoms with Crippen molar-refractivity contribution in [2.45, 2.75) is 51.7 Å². The maximum absolute atomic E-state index is 10.4. The molecular weight excluding hydrogens is 328 g/mol. The van der Waals surface area contributed by atoms with Crippen LogP contribution in [-0.2, 0) is 12.8 Å². The van der Waals surface area contributed by atoms with E-state index in [-0.39, 0.29) is 29.4 Å². The van der Waals surface area contributed by atoms with Crippen LogP contribution in [0.25, 0.3) is 0 Å². The maximum atomic E-state index is 10.4. The minimum absolute atomic E-state index is 0.0343. The molecule has 4 atom stereocenters. The van der Waals surface area contributed by atoms with Gasteiger partial charge in [0.05, 0.1) is 12.2 Å². The third-order valence-electron chi connectivity index (χ3n) is 5.02. The van der Waals surface area contributed by atoms with Gasteiger partial charge in [-0.25, -0.2) is 0 Å². The van der Waals surface area contributed by atoms with Crippen molar-refractivity contribution >= 4 is 0 Å². The molecule has 0 radical (unpaired) electrons. The van der Waals surface area contributed by atoms with E-state index >= 15 is 0 Å². The Balaban J connectivity index is 2.19. The van der Waals surface area contributed by atoms with Gasteiger partial charge < -0.3 is 20.4 Å². The van der Waals surface area contributed by atoms with Gasteiger partial charge in [0.25, 0.3) is 0 Å². The fourth-order valence-corrected chi connectivity index (χ4v) is 3.49. The van der Waals surface area contributed by atoms with Crippen LogP contribution in [0.3, 0.4) is 0 Å². The molecule has 4 N–H and O–H groups in total. The number of hydrogen-bond donors (Lipinski definition) is 4. The monoisotopic (exact) mass is 358 g/mol. The maximum Gasteiger partial charge on any atom is 0.115 e. The lowest BCUT2D eigenvalue weighted by Crippen LogP contribution is -2.30. The largest absolute Gasteiger partial charge is 0.508 e. The SMILES string of the molecule is C[C@@H](O)CC[C@H](Cc1ccc(O)cc1)[C@@H](Cc1ccc(O)cc1)[C@@H](C)O. The number of rotatable bonds is 9. The summed E-state index contributed by atoms with van der Waals surface area (Å²) < 4.78 is 0. The Labute approximate surface area is 155 Å². The third kappa shape index (κ3) is 6.36. The first-order chi connectivity index (χ1) is 12.3. The van der Waals surface area contributed by atoms with Gasteiger partial charge in [-0.05, 0) is 86.8 Å². The van der Waals surface area contributed by atoms with E-state index in [1.54, 1.807) is 31.2 Å². The number of benzene rings is 2. The fraction of sp³-hybridized carbons (Fsp3) is 0.455. The third-order valence-corrected chi connectivity index (χ3v) is 5.02. The van der Waals surface area contributed by atoms with Gasteiger partial charge in [0, 0.05) is 0 Å². The minimum atomic E-state index is -0.486. The van der Waals surface area contributed by atoms with Crippen molar-refractivity contribution in [2.75, 3.05) is 0 Å². The number of phenolic OH excluding ortho intramolecular Hbond substituents is 2. The van der Waals surface area contributed by atoms with Gasteiger partial charge in [0.1, 0.15) is 11.5 Å². The topological polar surface area (TPSA) is 80.9 Å². The van der Waals surface area contributed by atoms with Crippen LogP contribution in [0, 0.1) is 11.8 Å². The summed E-state index contributed by atoms with van der Waals surface area (Å²) in [6, 6.07) is 14.3. The second-order valence-corrected chi connectivity index (χ2v) is 7.33. The second kappa shape index (κ2) is 9.60. The number of aliphatic hydroxyl groups excluding tert-OH is 2. The van der Waals surface area contributed by atoms with E-state index < -0.39 is 6.10 Å². The Bertz CT molecular complexity index is 647. The normalized spacial score (nSPS) is 16.0. The molecule has 0 fully saturated rings. The molecule has 4 heteroatoms. The van der Waals surface area contributed by atoms with Crippen LogP contribution in [0.5, 0.6) is 11.5 Å². The van der Waals surface area contributed by atoms with Crippen molar-refractivity contribution in [3.63, 3.8) is 0 Å². The van der Waals surface area contributed by atoms with Crippen molar-refractivity contribution in [2.24, 2.45) is 11.8 Å². The average Bonchev–Trinajstić information content (AvgIpc) is 2.59. The first-order valence-corrected chi connectivity index (χ1v) is 9.27. The summed E-state index contributed by atoms with van der Waals surface area (Å²) in [5, 5.41) is 39.1. The van der Waals surface area contributed by atoms with Crippen molar-refractivity contribution in [3.05, 3.63) is 59.7 Å². The summed E-state index contributed by atoms with van der Waals surface area (Å²) in [5.74, 6) is 0.706. The zero-order valence-corrected chi connectivity index (χ0v) is 15.5. The van der Waals surface area contributed by atoms with Gasteiger partial charge >= 0.3 is 0 Å². The lowest BCUT2D eigenvalue weighted by Gasteiger charge is -2.30. The molecule has 0 bridgehead atoms. The van der Waals surface area contributed by atoms with Crippen LogP contribution in [0.4, 0.5) is 0 Å². The second-order valence-electron chi connectivity index (χ2n) is 7.33. The highest BCUT2D eigenvalue weighted by Crippen LogP contribution is 2.30. The predicted octanol–water partition coefficient (Wildman–Crippen LogP) is 3.66. The molecule has 0 spiro atoms. The molecule has 2 rings (SSSR count). The van der Waals surface area contributed by atoms with Crippen molar-refractivity contribution < 1.29 is 20.4 Å².